The third-order valence-electron chi connectivity index (χ3n) is 11.4. The van der Waals surface area contributed by atoms with E-state index in [0.717, 1.165) is 17.1 Å². The zero-order chi connectivity index (χ0) is 37.1. The number of ether oxygens (including phenoxy) is 2. The Hall–Kier alpha value is -7.36. The summed E-state index contributed by atoms with van der Waals surface area (Å²) in [5, 5.41) is 2.47. The van der Waals surface area contributed by atoms with E-state index in [1.165, 1.54) is 55.3 Å². The molecule has 9 aromatic carbocycles. The standard InChI is InChI=1S/C53H35NO2/c1-3-16-38(17-4-1)53(39-18-5-2-6-19-39)47-23-10-9-21-45(47)46-32-30-41(34-48(46)53)54(42-31-33-51-52(35-42)56-50-25-12-11-24-49(50)55-51)40-28-26-37(27-29-40)44-22-13-15-36-14-7-8-20-43(36)44/h1-35H. The molecule has 1 aliphatic heterocycles. The lowest BCUT2D eigenvalue weighted by molar-refractivity contribution is 0.360. The Morgan fingerprint density at radius 2 is 0.875 bits per heavy atom. The molecule has 0 fully saturated rings. The van der Waals surface area contributed by atoms with Crippen molar-refractivity contribution in [3.8, 4) is 45.3 Å². The van der Waals surface area contributed by atoms with Gasteiger partial charge in [-0.3, -0.25) is 0 Å². The van der Waals surface area contributed by atoms with Crippen LogP contribution in [0.25, 0.3) is 33.0 Å². The summed E-state index contributed by atoms with van der Waals surface area (Å²) in [5.74, 6) is 2.78. The van der Waals surface area contributed by atoms with Crippen LogP contribution < -0.4 is 14.4 Å². The summed E-state index contributed by atoms with van der Waals surface area (Å²) < 4.78 is 12.8. The van der Waals surface area contributed by atoms with Crippen LogP contribution >= 0.6 is 0 Å². The smallest absolute Gasteiger partial charge is 0.172 e. The van der Waals surface area contributed by atoms with Gasteiger partial charge >= 0.3 is 0 Å². The summed E-state index contributed by atoms with van der Waals surface area (Å²) in [7, 11) is 0. The Balaban J connectivity index is 1.12. The first-order valence-electron chi connectivity index (χ1n) is 19.1. The van der Waals surface area contributed by atoms with Crippen LogP contribution in [0.4, 0.5) is 17.1 Å². The number of nitrogens with zero attached hydrogens (tertiary/aromatic N) is 1. The molecular weight excluding hydrogens is 683 g/mol. The van der Waals surface area contributed by atoms with Crippen LogP contribution in [0.15, 0.2) is 212 Å². The van der Waals surface area contributed by atoms with Crippen LogP contribution in [0.5, 0.6) is 23.0 Å². The predicted octanol–water partition coefficient (Wildman–Crippen LogP) is 14.2. The lowest BCUT2D eigenvalue weighted by Gasteiger charge is -2.35. The van der Waals surface area contributed by atoms with E-state index < -0.39 is 5.41 Å². The van der Waals surface area contributed by atoms with Crippen LogP contribution in [-0.4, -0.2) is 0 Å². The van der Waals surface area contributed by atoms with Crippen molar-refractivity contribution < 1.29 is 9.47 Å². The molecule has 264 valence electrons. The molecule has 1 aliphatic carbocycles. The minimum absolute atomic E-state index is 0.523. The highest BCUT2D eigenvalue weighted by Gasteiger charge is 2.46. The maximum absolute atomic E-state index is 6.47. The number of rotatable bonds is 6. The molecule has 0 spiro atoms. The first-order valence-corrected chi connectivity index (χ1v) is 19.1. The molecule has 0 aromatic heterocycles. The third kappa shape index (κ3) is 4.98. The molecule has 0 radical (unpaired) electrons. The first-order chi connectivity index (χ1) is 27.8. The zero-order valence-corrected chi connectivity index (χ0v) is 30.5. The van der Waals surface area contributed by atoms with Crippen molar-refractivity contribution in [2.75, 3.05) is 4.90 Å². The van der Waals surface area contributed by atoms with Gasteiger partial charge in [0.2, 0.25) is 0 Å². The van der Waals surface area contributed by atoms with Crippen LogP contribution in [0.1, 0.15) is 22.3 Å². The Kier molecular flexibility index (Phi) is 7.39. The molecule has 11 rings (SSSR count). The summed E-state index contributed by atoms with van der Waals surface area (Å²) >= 11 is 0. The van der Waals surface area contributed by atoms with Crippen LogP contribution in [0.3, 0.4) is 0 Å². The van der Waals surface area contributed by atoms with E-state index in [-0.39, 0.29) is 0 Å². The van der Waals surface area contributed by atoms with Gasteiger partial charge in [0.05, 0.1) is 11.1 Å². The minimum atomic E-state index is -0.523. The first kappa shape index (κ1) is 32.1. The van der Waals surface area contributed by atoms with E-state index in [0.29, 0.717) is 23.0 Å². The maximum atomic E-state index is 6.47. The average molecular weight is 718 g/mol. The second kappa shape index (κ2) is 12.9. The molecule has 3 heteroatoms. The summed E-state index contributed by atoms with van der Waals surface area (Å²) in [5.41, 5.74) is 12.4. The van der Waals surface area contributed by atoms with Crippen molar-refractivity contribution in [1.29, 1.82) is 0 Å². The topological polar surface area (TPSA) is 21.7 Å². The zero-order valence-electron chi connectivity index (χ0n) is 30.5. The van der Waals surface area contributed by atoms with Gasteiger partial charge in [-0.25, -0.2) is 0 Å². The average Bonchev–Trinajstić information content (AvgIpc) is 3.57. The summed E-state index contributed by atoms with van der Waals surface area (Å²) in [6.45, 7) is 0. The number of fused-ring (bicyclic) bond motifs is 6. The molecule has 0 saturated carbocycles. The summed E-state index contributed by atoms with van der Waals surface area (Å²) in [6.07, 6.45) is 0. The van der Waals surface area contributed by atoms with E-state index in [9.17, 15) is 0 Å². The van der Waals surface area contributed by atoms with E-state index in [2.05, 4.69) is 187 Å². The molecule has 0 amide bonds. The lowest BCUT2D eigenvalue weighted by Crippen LogP contribution is -2.28. The highest BCUT2D eigenvalue weighted by molar-refractivity contribution is 5.97. The predicted molar refractivity (Wildman–Crippen MR) is 228 cm³/mol. The number of benzene rings is 9. The fraction of sp³-hybridized carbons (Fsp3) is 0.0189. The molecule has 0 saturated heterocycles. The van der Waals surface area contributed by atoms with Crippen molar-refractivity contribution >= 4 is 27.8 Å². The van der Waals surface area contributed by atoms with Crippen LogP contribution in [0.2, 0.25) is 0 Å². The van der Waals surface area contributed by atoms with E-state index in [4.69, 9.17) is 9.47 Å². The van der Waals surface area contributed by atoms with Gasteiger partial charge < -0.3 is 14.4 Å². The van der Waals surface area contributed by atoms with Gasteiger partial charge in [-0.05, 0) is 104 Å². The van der Waals surface area contributed by atoms with Crippen molar-refractivity contribution in [2.24, 2.45) is 0 Å². The molecular formula is C53H35NO2. The van der Waals surface area contributed by atoms with Gasteiger partial charge in [0, 0.05) is 17.4 Å². The third-order valence-corrected chi connectivity index (χ3v) is 11.4. The van der Waals surface area contributed by atoms with Gasteiger partial charge in [0.25, 0.3) is 0 Å². The summed E-state index contributed by atoms with van der Waals surface area (Å²) in [4.78, 5) is 2.33. The molecule has 1 heterocycles. The van der Waals surface area contributed by atoms with Crippen LogP contribution in [-0.2, 0) is 5.41 Å². The van der Waals surface area contributed by atoms with E-state index >= 15 is 0 Å². The molecule has 3 nitrogen and oxygen atoms in total. The fourth-order valence-electron chi connectivity index (χ4n) is 8.94. The largest absolute Gasteiger partial charge is 0.450 e. The summed E-state index contributed by atoms with van der Waals surface area (Å²) in [6, 6.07) is 75.8. The van der Waals surface area contributed by atoms with Crippen molar-refractivity contribution in [2.45, 2.75) is 5.41 Å². The second-order valence-electron chi connectivity index (χ2n) is 14.4. The number of hydrogen-bond donors (Lipinski definition) is 0. The number of anilines is 3. The SMILES string of the molecule is c1ccc(C2(c3ccccc3)c3ccccc3-c3ccc(N(c4ccc(-c5cccc6ccccc56)cc4)c4ccc5c(c4)Oc4ccccc4O5)cc32)cc1. The number of para-hydroxylation sites is 2. The van der Waals surface area contributed by atoms with Crippen molar-refractivity contribution in [3.63, 3.8) is 0 Å². The molecule has 9 aromatic rings. The fourth-order valence-corrected chi connectivity index (χ4v) is 8.94. The quantitative estimate of drug-likeness (QED) is 0.171. The van der Waals surface area contributed by atoms with Gasteiger partial charge in [-0.15, -0.1) is 0 Å². The minimum Gasteiger partial charge on any atom is -0.450 e. The van der Waals surface area contributed by atoms with E-state index in [1.54, 1.807) is 0 Å². The highest BCUT2D eigenvalue weighted by atomic mass is 16.6. The Labute approximate surface area is 326 Å². The molecule has 2 aliphatic rings. The maximum Gasteiger partial charge on any atom is 0.172 e. The van der Waals surface area contributed by atoms with Gasteiger partial charge in [0.1, 0.15) is 0 Å². The molecule has 0 bridgehead atoms. The Morgan fingerprint density at radius 3 is 1.64 bits per heavy atom. The lowest BCUT2D eigenvalue weighted by atomic mass is 9.67. The molecule has 0 unspecified atom stereocenters. The molecule has 56 heavy (non-hydrogen) atoms. The number of hydrogen-bond acceptors (Lipinski definition) is 3. The van der Waals surface area contributed by atoms with Gasteiger partial charge in [-0.1, -0.05) is 158 Å². The monoisotopic (exact) mass is 717 g/mol. The normalized spacial score (nSPS) is 13.1. The van der Waals surface area contributed by atoms with Crippen molar-refractivity contribution in [3.05, 3.63) is 235 Å². The van der Waals surface area contributed by atoms with Crippen molar-refractivity contribution in [1.82, 2.24) is 0 Å². The molecule has 0 atom stereocenters. The highest BCUT2D eigenvalue weighted by Crippen LogP contribution is 2.57. The van der Waals surface area contributed by atoms with Crippen LogP contribution in [0, 0.1) is 0 Å². The molecule has 0 N–H and O–H groups in total. The second-order valence-corrected chi connectivity index (χ2v) is 14.4. The van der Waals surface area contributed by atoms with Gasteiger partial charge in [0.15, 0.2) is 23.0 Å². The Morgan fingerprint density at radius 1 is 0.339 bits per heavy atom. The Bertz CT molecular complexity index is 2870. The van der Waals surface area contributed by atoms with E-state index in [1.807, 2.05) is 30.3 Å². The van der Waals surface area contributed by atoms with Gasteiger partial charge in [-0.2, -0.15) is 0 Å².